The van der Waals surface area contributed by atoms with E-state index in [9.17, 15) is 14.6 Å². The first-order valence-electron chi connectivity index (χ1n) is 10.3. The average Bonchev–Trinajstić information content (AvgIpc) is 2.99. The fourth-order valence-electron chi connectivity index (χ4n) is 4.36. The van der Waals surface area contributed by atoms with Crippen molar-refractivity contribution < 1.29 is 14.6 Å². The molecule has 0 saturated carbocycles. The van der Waals surface area contributed by atoms with Gasteiger partial charge in [-0.25, -0.2) is 4.39 Å². The van der Waals surface area contributed by atoms with Crippen molar-refractivity contribution in [2.24, 2.45) is 5.41 Å². The number of allylic oxidation sites excluding steroid dienone is 4. The normalized spacial score (nSPS) is 30.5. The summed E-state index contributed by atoms with van der Waals surface area (Å²) in [6.07, 6.45) is 15.9. The van der Waals surface area contributed by atoms with Gasteiger partial charge in [-0.15, -0.1) is 0 Å². The molecular formula is C26H28FNO2. The zero-order valence-corrected chi connectivity index (χ0v) is 17.5. The average molecular weight is 406 g/mol. The molecule has 2 N–H and O–H groups in total. The molecule has 30 heavy (non-hydrogen) atoms. The molecule has 1 fully saturated rings. The van der Waals surface area contributed by atoms with E-state index in [1.54, 1.807) is 12.1 Å². The van der Waals surface area contributed by atoms with E-state index < -0.39 is 24.3 Å². The first-order valence-corrected chi connectivity index (χ1v) is 10.3. The fraction of sp³-hybridized carbons (Fsp3) is 0.308. The van der Waals surface area contributed by atoms with Crippen LogP contribution in [0.1, 0.15) is 20.8 Å². The Bertz CT molecular complexity index is 838. The van der Waals surface area contributed by atoms with Crippen LogP contribution < -0.4 is 4.90 Å². The van der Waals surface area contributed by atoms with Crippen molar-refractivity contribution in [3.8, 4) is 0 Å². The van der Waals surface area contributed by atoms with Crippen molar-refractivity contribution in [2.45, 2.75) is 45.1 Å². The van der Waals surface area contributed by atoms with Gasteiger partial charge in [-0.05, 0) is 29.7 Å². The molecule has 0 spiro atoms. The van der Waals surface area contributed by atoms with Gasteiger partial charge in [0.2, 0.25) is 0 Å². The SMILES string of the molecule is CC(C)(C)[C]1C=C[C]([C@H]2[C@@H](O)[C@H](O)[C@H]([C]3C=C[CH]C=C3)N2c2ccc(F)cc2)C=C1. The first-order chi connectivity index (χ1) is 14.3. The molecule has 1 saturated heterocycles. The molecule has 4 atom stereocenters. The molecule has 1 aromatic rings. The Morgan fingerprint density at radius 2 is 1.27 bits per heavy atom. The quantitative estimate of drug-likeness (QED) is 0.787. The van der Waals surface area contributed by atoms with Gasteiger partial charge in [0.25, 0.3) is 0 Å². The molecule has 4 heteroatoms. The maximum Gasteiger partial charge on any atom is 0.123 e. The van der Waals surface area contributed by atoms with Gasteiger partial charge in [-0.1, -0.05) is 69.4 Å². The minimum Gasteiger partial charge on any atom is -0.388 e. The van der Waals surface area contributed by atoms with Crippen molar-refractivity contribution in [3.63, 3.8) is 0 Å². The minimum atomic E-state index is -0.985. The molecule has 4 rings (SSSR count). The third-order valence-corrected chi connectivity index (χ3v) is 5.98. The third kappa shape index (κ3) is 3.91. The number of anilines is 1. The number of hydrogen-bond donors (Lipinski definition) is 2. The molecule has 4 radical (unpaired) electrons. The van der Waals surface area contributed by atoms with Crippen molar-refractivity contribution in [1.29, 1.82) is 0 Å². The van der Waals surface area contributed by atoms with Crippen LogP contribution in [-0.4, -0.2) is 34.5 Å². The van der Waals surface area contributed by atoms with Crippen LogP contribution in [-0.2, 0) is 0 Å². The molecule has 0 unspecified atom stereocenters. The highest BCUT2D eigenvalue weighted by molar-refractivity contribution is 5.60. The van der Waals surface area contributed by atoms with E-state index in [0.29, 0.717) is 0 Å². The van der Waals surface area contributed by atoms with Crippen LogP contribution in [0.5, 0.6) is 0 Å². The lowest BCUT2D eigenvalue weighted by Crippen LogP contribution is -2.44. The summed E-state index contributed by atoms with van der Waals surface area (Å²) in [6.45, 7) is 6.48. The zero-order valence-electron chi connectivity index (χ0n) is 17.5. The molecule has 3 nitrogen and oxygen atoms in total. The van der Waals surface area contributed by atoms with Crippen LogP contribution in [0, 0.1) is 35.4 Å². The summed E-state index contributed by atoms with van der Waals surface area (Å²) < 4.78 is 13.6. The monoisotopic (exact) mass is 405 g/mol. The fourth-order valence-corrected chi connectivity index (χ4v) is 4.36. The predicted octanol–water partition coefficient (Wildman–Crippen LogP) is 4.33. The van der Waals surface area contributed by atoms with E-state index in [0.717, 1.165) is 17.5 Å². The summed E-state index contributed by atoms with van der Waals surface area (Å²) in [7, 11) is 0. The molecule has 156 valence electrons. The molecular weight excluding hydrogens is 377 g/mol. The van der Waals surface area contributed by atoms with Gasteiger partial charge in [-0.3, -0.25) is 0 Å². The Morgan fingerprint density at radius 3 is 1.77 bits per heavy atom. The van der Waals surface area contributed by atoms with Crippen molar-refractivity contribution in [2.75, 3.05) is 4.90 Å². The number of aliphatic hydroxyl groups excluding tert-OH is 2. The van der Waals surface area contributed by atoms with Gasteiger partial charge in [-0.2, -0.15) is 0 Å². The molecule has 2 aliphatic carbocycles. The topological polar surface area (TPSA) is 43.7 Å². The minimum absolute atomic E-state index is 0.0234. The number of nitrogens with zero attached hydrogens (tertiary/aromatic N) is 1. The van der Waals surface area contributed by atoms with Crippen LogP contribution in [0.15, 0.2) is 72.9 Å². The van der Waals surface area contributed by atoms with Crippen LogP contribution in [0.2, 0.25) is 0 Å². The van der Waals surface area contributed by atoms with Crippen molar-refractivity contribution in [1.82, 2.24) is 0 Å². The summed E-state index contributed by atoms with van der Waals surface area (Å²) in [5, 5.41) is 22.1. The van der Waals surface area contributed by atoms with Gasteiger partial charge < -0.3 is 15.1 Å². The summed E-state index contributed by atoms with van der Waals surface area (Å²) in [5.41, 5.74) is 0.779. The maximum absolute atomic E-state index is 13.6. The number of aliphatic hydroxyl groups is 2. The second-order valence-electron chi connectivity index (χ2n) is 9.04. The van der Waals surface area contributed by atoms with Gasteiger partial charge in [0, 0.05) is 29.9 Å². The number of rotatable bonds is 3. The Morgan fingerprint density at radius 1 is 0.767 bits per heavy atom. The Balaban J connectivity index is 1.71. The first kappa shape index (κ1) is 21.1. The molecule has 0 aromatic heterocycles. The Labute approximate surface area is 178 Å². The van der Waals surface area contributed by atoms with E-state index >= 15 is 0 Å². The number of hydrogen-bond acceptors (Lipinski definition) is 3. The molecule has 1 heterocycles. The van der Waals surface area contributed by atoms with Crippen molar-refractivity contribution in [3.05, 3.63) is 103 Å². The van der Waals surface area contributed by atoms with Gasteiger partial charge in [0.15, 0.2) is 0 Å². The predicted molar refractivity (Wildman–Crippen MR) is 119 cm³/mol. The van der Waals surface area contributed by atoms with Gasteiger partial charge in [0.1, 0.15) is 18.0 Å². The van der Waals surface area contributed by atoms with E-state index in [-0.39, 0.29) is 11.2 Å². The highest BCUT2D eigenvalue weighted by Gasteiger charge is 2.52. The van der Waals surface area contributed by atoms with E-state index in [2.05, 4.69) is 32.9 Å². The Kier molecular flexibility index (Phi) is 5.73. The summed E-state index contributed by atoms with van der Waals surface area (Å²) in [6, 6.07) is 5.32. The maximum atomic E-state index is 13.6. The lowest BCUT2D eigenvalue weighted by Gasteiger charge is -2.38. The molecule has 1 aliphatic heterocycles. The molecule has 0 amide bonds. The summed E-state index contributed by atoms with van der Waals surface area (Å²) in [5.74, 6) is 2.70. The van der Waals surface area contributed by atoms with E-state index in [1.807, 2.05) is 47.8 Å². The van der Waals surface area contributed by atoms with Crippen LogP contribution >= 0.6 is 0 Å². The van der Waals surface area contributed by atoms with E-state index in [4.69, 9.17) is 0 Å². The molecule has 1 aromatic carbocycles. The second-order valence-corrected chi connectivity index (χ2v) is 9.04. The zero-order chi connectivity index (χ0) is 21.5. The van der Waals surface area contributed by atoms with Crippen LogP contribution in [0.4, 0.5) is 10.1 Å². The van der Waals surface area contributed by atoms with Gasteiger partial charge in [0.05, 0.1) is 12.1 Å². The van der Waals surface area contributed by atoms with Crippen LogP contribution in [0.25, 0.3) is 0 Å². The lowest BCUT2D eigenvalue weighted by atomic mass is 9.76. The number of benzene rings is 1. The second kappa shape index (κ2) is 8.16. The smallest absolute Gasteiger partial charge is 0.123 e. The largest absolute Gasteiger partial charge is 0.388 e. The standard InChI is InChI=1S/C26H28FNO2/c1-26(2,3)19-11-9-18(10-12-19)23-25(30)24(29)22(17-7-5-4-6-8-17)28(23)21-15-13-20(27)14-16-21/h4-16,22-25,29-30H,1-3H3/t22-,23-,24+,25+/m0/s1. The summed E-state index contributed by atoms with van der Waals surface area (Å²) in [4.78, 5) is 2.01. The summed E-state index contributed by atoms with van der Waals surface area (Å²) >= 11 is 0. The molecule has 3 aliphatic rings. The molecule has 0 bridgehead atoms. The third-order valence-electron chi connectivity index (χ3n) is 5.98. The van der Waals surface area contributed by atoms with Crippen LogP contribution in [0.3, 0.4) is 0 Å². The number of halogens is 1. The Hall–Kier alpha value is -2.17. The highest BCUT2D eigenvalue weighted by Crippen LogP contribution is 2.43. The lowest BCUT2D eigenvalue weighted by molar-refractivity contribution is 0.0341. The highest BCUT2D eigenvalue weighted by atomic mass is 19.1. The van der Waals surface area contributed by atoms with Crippen molar-refractivity contribution >= 4 is 5.69 Å². The van der Waals surface area contributed by atoms with Gasteiger partial charge >= 0.3 is 0 Å². The van der Waals surface area contributed by atoms with E-state index in [1.165, 1.54) is 18.1 Å².